The van der Waals surface area contributed by atoms with E-state index < -0.39 is 0 Å². The molecular weight excluding hydrogens is 344 g/mol. The number of benzene rings is 1. The van der Waals surface area contributed by atoms with Gasteiger partial charge >= 0.3 is 0 Å². The van der Waals surface area contributed by atoms with Gasteiger partial charge in [-0.15, -0.1) is 11.3 Å². The van der Waals surface area contributed by atoms with Crippen molar-refractivity contribution in [1.29, 1.82) is 0 Å². The van der Waals surface area contributed by atoms with Gasteiger partial charge in [-0.1, -0.05) is 18.2 Å². The van der Waals surface area contributed by atoms with E-state index in [0.29, 0.717) is 12.1 Å². The fourth-order valence-electron chi connectivity index (χ4n) is 3.05. The lowest BCUT2D eigenvalue weighted by atomic mass is 10.1. The standard InChI is InChI=1S/C20H20N4OS/c25-19(16-7-5-15(6-8-16)18-4-3-13-26-18)22-14-17-9-10-21-20(23-17)24-11-1-2-12-24/h3-10,13H,1-2,11-12,14H2,(H,22,25). The highest BCUT2D eigenvalue weighted by Crippen LogP contribution is 2.24. The Labute approximate surface area is 156 Å². The van der Waals surface area contributed by atoms with Crippen LogP contribution in [0.1, 0.15) is 28.9 Å². The summed E-state index contributed by atoms with van der Waals surface area (Å²) in [6, 6.07) is 13.6. The van der Waals surface area contributed by atoms with Gasteiger partial charge in [-0.3, -0.25) is 4.79 Å². The summed E-state index contributed by atoms with van der Waals surface area (Å²) < 4.78 is 0. The first-order valence-electron chi connectivity index (χ1n) is 8.78. The number of nitrogens with one attached hydrogen (secondary N) is 1. The molecule has 6 heteroatoms. The van der Waals surface area contributed by atoms with Crippen molar-refractivity contribution in [2.45, 2.75) is 19.4 Å². The minimum absolute atomic E-state index is 0.0935. The number of hydrogen-bond acceptors (Lipinski definition) is 5. The van der Waals surface area contributed by atoms with Gasteiger partial charge in [0.25, 0.3) is 5.91 Å². The van der Waals surface area contributed by atoms with E-state index in [1.54, 1.807) is 17.5 Å². The molecular formula is C20H20N4OS. The largest absolute Gasteiger partial charge is 0.346 e. The SMILES string of the molecule is O=C(NCc1ccnc(N2CCCC2)n1)c1ccc(-c2cccs2)cc1. The lowest BCUT2D eigenvalue weighted by Crippen LogP contribution is -2.25. The monoisotopic (exact) mass is 364 g/mol. The first-order chi connectivity index (χ1) is 12.8. The molecule has 1 aliphatic rings. The van der Waals surface area contributed by atoms with Crippen LogP contribution in [0.2, 0.25) is 0 Å². The molecule has 5 nitrogen and oxygen atoms in total. The summed E-state index contributed by atoms with van der Waals surface area (Å²) in [7, 11) is 0. The normalized spacial score (nSPS) is 13.8. The van der Waals surface area contributed by atoms with Crippen LogP contribution in [0.5, 0.6) is 0 Å². The Morgan fingerprint density at radius 1 is 1.12 bits per heavy atom. The number of thiophene rings is 1. The average molecular weight is 364 g/mol. The fraction of sp³-hybridized carbons (Fsp3) is 0.250. The fourth-order valence-corrected chi connectivity index (χ4v) is 3.79. The second-order valence-electron chi connectivity index (χ2n) is 6.28. The van der Waals surface area contributed by atoms with Crippen LogP contribution in [0.4, 0.5) is 5.95 Å². The van der Waals surface area contributed by atoms with E-state index in [1.807, 2.05) is 41.8 Å². The molecule has 0 saturated carbocycles. The van der Waals surface area contributed by atoms with Crippen molar-refractivity contribution in [2.24, 2.45) is 0 Å². The molecule has 1 aromatic carbocycles. The molecule has 0 unspecified atom stereocenters. The third-order valence-corrected chi connectivity index (χ3v) is 5.39. The maximum absolute atomic E-state index is 12.4. The lowest BCUT2D eigenvalue weighted by molar-refractivity contribution is 0.0950. The van der Waals surface area contributed by atoms with Gasteiger partial charge in [-0.05, 0) is 48.1 Å². The zero-order valence-electron chi connectivity index (χ0n) is 14.4. The molecule has 1 saturated heterocycles. The molecule has 0 bridgehead atoms. The summed E-state index contributed by atoms with van der Waals surface area (Å²) in [6.45, 7) is 2.41. The van der Waals surface area contributed by atoms with Crippen molar-refractivity contribution in [3.8, 4) is 10.4 Å². The van der Waals surface area contributed by atoms with E-state index in [0.717, 1.165) is 30.3 Å². The van der Waals surface area contributed by atoms with E-state index in [1.165, 1.54) is 17.7 Å². The molecule has 2 aromatic heterocycles. The minimum Gasteiger partial charge on any atom is -0.346 e. The molecule has 132 valence electrons. The molecule has 1 N–H and O–H groups in total. The summed E-state index contributed by atoms with van der Waals surface area (Å²) in [5.41, 5.74) is 2.60. The maximum atomic E-state index is 12.4. The van der Waals surface area contributed by atoms with Crippen LogP contribution in [-0.2, 0) is 6.54 Å². The highest BCUT2D eigenvalue weighted by Gasteiger charge is 2.15. The quantitative estimate of drug-likeness (QED) is 0.749. The van der Waals surface area contributed by atoms with Gasteiger partial charge in [0.05, 0.1) is 12.2 Å². The van der Waals surface area contributed by atoms with Gasteiger partial charge in [0.1, 0.15) is 0 Å². The van der Waals surface area contributed by atoms with E-state index in [-0.39, 0.29) is 5.91 Å². The van der Waals surface area contributed by atoms with Crippen molar-refractivity contribution in [3.63, 3.8) is 0 Å². The van der Waals surface area contributed by atoms with Crippen LogP contribution >= 0.6 is 11.3 Å². The van der Waals surface area contributed by atoms with Crippen LogP contribution in [0.3, 0.4) is 0 Å². The van der Waals surface area contributed by atoms with Crippen LogP contribution in [-0.4, -0.2) is 29.0 Å². The number of hydrogen-bond donors (Lipinski definition) is 1. The Hall–Kier alpha value is -2.73. The Morgan fingerprint density at radius 3 is 2.65 bits per heavy atom. The molecule has 0 radical (unpaired) electrons. The second kappa shape index (κ2) is 7.66. The molecule has 0 atom stereocenters. The molecule has 3 aromatic rings. The molecule has 3 heterocycles. The third kappa shape index (κ3) is 3.75. The van der Waals surface area contributed by atoms with Crippen molar-refractivity contribution < 1.29 is 4.79 Å². The number of aromatic nitrogens is 2. The molecule has 4 rings (SSSR count). The summed E-state index contributed by atoms with van der Waals surface area (Å²) in [5, 5.41) is 4.99. The number of nitrogens with zero attached hydrogens (tertiary/aromatic N) is 3. The molecule has 0 aliphatic carbocycles. The second-order valence-corrected chi connectivity index (χ2v) is 7.23. The Morgan fingerprint density at radius 2 is 1.92 bits per heavy atom. The van der Waals surface area contributed by atoms with Crippen LogP contribution in [0, 0.1) is 0 Å². The number of anilines is 1. The average Bonchev–Trinajstić information content (AvgIpc) is 3.40. The van der Waals surface area contributed by atoms with Crippen LogP contribution < -0.4 is 10.2 Å². The van der Waals surface area contributed by atoms with Crippen molar-refractivity contribution >= 4 is 23.2 Å². The van der Waals surface area contributed by atoms with Crippen molar-refractivity contribution in [2.75, 3.05) is 18.0 Å². The highest BCUT2D eigenvalue weighted by molar-refractivity contribution is 7.13. The summed E-state index contributed by atoms with van der Waals surface area (Å²) in [4.78, 5) is 24.7. The first-order valence-corrected chi connectivity index (χ1v) is 9.66. The maximum Gasteiger partial charge on any atom is 0.251 e. The third-order valence-electron chi connectivity index (χ3n) is 4.47. The number of carbonyl (C=O) groups excluding carboxylic acids is 1. The summed E-state index contributed by atoms with van der Waals surface area (Å²) in [5.74, 6) is 0.665. The molecule has 1 fully saturated rings. The predicted molar refractivity (Wildman–Crippen MR) is 104 cm³/mol. The van der Waals surface area contributed by atoms with Crippen LogP contribution in [0.15, 0.2) is 54.0 Å². The van der Waals surface area contributed by atoms with E-state index in [9.17, 15) is 4.79 Å². The van der Waals surface area contributed by atoms with Crippen molar-refractivity contribution in [3.05, 3.63) is 65.3 Å². The molecule has 1 aliphatic heterocycles. The smallest absolute Gasteiger partial charge is 0.251 e. The van der Waals surface area contributed by atoms with E-state index in [4.69, 9.17) is 0 Å². The van der Waals surface area contributed by atoms with Crippen LogP contribution in [0.25, 0.3) is 10.4 Å². The molecule has 26 heavy (non-hydrogen) atoms. The van der Waals surface area contributed by atoms with Crippen molar-refractivity contribution in [1.82, 2.24) is 15.3 Å². The van der Waals surface area contributed by atoms with Gasteiger partial charge in [-0.25, -0.2) is 9.97 Å². The van der Waals surface area contributed by atoms with Gasteiger partial charge in [0, 0.05) is 29.7 Å². The van der Waals surface area contributed by atoms with Gasteiger partial charge in [0.15, 0.2) is 0 Å². The minimum atomic E-state index is -0.0935. The van der Waals surface area contributed by atoms with E-state index >= 15 is 0 Å². The molecule has 1 amide bonds. The highest BCUT2D eigenvalue weighted by atomic mass is 32.1. The lowest BCUT2D eigenvalue weighted by Gasteiger charge is -2.15. The number of rotatable bonds is 5. The number of carbonyl (C=O) groups is 1. The Bertz CT molecular complexity index is 871. The van der Waals surface area contributed by atoms with Gasteiger partial charge < -0.3 is 10.2 Å². The summed E-state index contributed by atoms with van der Waals surface area (Å²) >= 11 is 1.69. The summed E-state index contributed by atoms with van der Waals surface area (Å²) in [6.07, 6.45) is 4.13. The first kappa shape index (κ1) is 16.7. The van der Waals surface area contributed by atoms with Gasteiger partial charge in [-0.2, -0.15) is 0 Å². The topological polar surface area (TPSA) is 58.1 Å². The van der Waals surface area contributed by atoms with E-state index in [2.05, 4.69) is 26.3 Å². The zero-order chi connectivity index (χ0) is 17.8. The zero-order valence-corrected chi connectivity index (χ0v) is 15.2. The Kier molecular flexibility index (Phi) is 4.93. The molecule has 0 spiro atoms. The number of amides is 1. The predicted octanol–water partition coefficient (Wildman–Crippen LogP) is 3.74. The van der Waals surface area contributed by atoms with Gasteiger partial charge in [0.2, 0.25) is 5.95 Å². The Balaban J connectivity index is 1.38.